The van der Waals surface area contributed by atoms with Gasteiger partial charge in [0.1, 0.15) is 5.82 Å². The van der Waals surface area contributed by atoms with Crippen LogP contribution in [0.2, 0.25) is 5.02 Å². The first-order valence-electron chi connectivity index (χ1n) is 7.24. The summed E-state index contributed by atoms with van der Waals surface area (Å²) in [5, 5.41) is 5.01. The SMILES string of the molecule is CCCNc1nc(N)nc2ccc(-c3ccc(Cl)cc3)cc12. The molecule has 0 fully saturated rings. The van der Waals surface area contributed by atoms with E-state index in [4.69, 9.17) is 17.3 Å². The molecule has 1 aromatic heterocycles. The third-order valence-electron chi connectivity index (χ3n) is 3.43. The highest BCUT2D eigenvalue weighted by atomic mass is 35.5. The van der Waals surface area contributed by atoms with E-state index in [2.05, 4.69) is 28.3 Å². The number of nitrogens with one attached hydrogen (secondary N) is 1. The Balaban J connectivity index is 2.11. The predicted molar refractivity (Wildman–Crippen MR) is 93.2 cm³/mol. The molecule has 112 valence electrons. The number of halogens is 1. The molecule has 0 amide bonds. The van der Waals surface area contributed by atoms with Gasteiger partial charge in [-0.2, -0.15) is 4.98 Å². The molecule has 2 aromatic carbocycles. The van der Waals surface area contributed by atoms with Gasteiger partial charge < -0.3 is 11.1 Å². The second kappa shape index (κ2) is 6.20. The standard InChI is InChI=1S/C17H17ClN4/c1-2-9-20-16-14-10-12(11-3-6-13(18)7-4-11)5-8-15(14)21-17(19)22-16/h3-8,10H,2,9H2,1H3,(H3,19,20,21,22). The van der Waals surface area contributed by atoms with E-state index in [0.717, 1.165) is 45.8 Å². The Morgan fingerprint density at radius 1 is 1.05 bits per heavy atom. The Morgan fingerprint density at radius 2 is 1.77 bits per heavy atom. The molecule has 0 saturated carbocycles. The van der Waals surface area contributed by atoms with E-state index in [9.17, 15) is 0 Å². The summed E-state index contributed by atoms with van der Waals surface area (Å²) in [5.41, 5.74) is 8.82. The quantitative estimate of drug-likeness (QED) is 0.751. The van der Waals surface area contributed by atoms with E-state index in [1.165, 1.54) is 0 Å². The minimum absolute atomic E-state index is 0.283. The van der Waals surface area contributed by atoms with Crippen molar-refractivity contribution in [2.24, 2.45) is 0 Å². The van der Waals surface area contributed by atoms with E-state index in [1.54, 1.807) is 0 Å². The molecule has 0 bridgehead atoms. The van der Waals surface area contributed by atoms with Crippen molar-refractivity contribution in [2.45, 2.75) is 13.3 Å². The Kier molecular flexibility index (Phi) is 4.11. The van der Waals surface area contributed by atoms with Crippen LogP contribution in [0.1, 0.15) is 13.3 Å². The summed E-state index contributed by atoms with van der Waals surface area (Å²) in [6, 6.07) is 13.8. The number of hydrogen-bond donors (Lipinski definition) is 2. The number of rotatable bonds is 4. The minimum atomic E-state index is 0.283. The van der Waals surface area contributed by atoms with Crippen molar-refractivity contribution in [2.75, 3.05) is 17.6 Å². The molecule has 3 rings (SSSR count). The van der Waals surface area contributed by atoms with Gasteiger partial charge in [0.15, 0.2) is 0 Å². The van der Waals surface area contributed by atoms with Crippen molar-refractivity contribution in [3.63, 3.8) is 0 Å². The lowest BCUT2D eigenvalue weighted by Gasteiger charge is -2.10. The molecule has 3 N–H and O–H groups in total. The van der Waals surface area contributed by atoms with Crippen LogP contribution in [-0.4, -0.2) is 16.5 Å². The lowest BCUT2D eigenvalue weighted by molar-refractivity contribution is 0.971. The van der Waals surface area contributed by atoms with Crippen molar-refractivity contribution in [1.29, 1.82) is 0 Å². The molecule has 1 heterocycles. The molecule has 0 radical (unpaired) electrons. The Hall–Kier alpha value is -2.33. The van der Waals surface area contributed by atoms with Crippen LogP contribution in [0.3, 0.4) is 0 Å². The topological polar surface area (TPSA) is 63.8 Å². The molecular weight excluding hydrogens is 296 g/mol. The van der Waals surface area contributed by atoms with Crippen LogP contribution in [0.25, 0.3) is 22.0 Å². The molecule has 22 heavy (non-hydrogen) atoms. The Bertz CT molecular complexity index is 800. The molecule has 4 nitrogen and oxygen atoms in total. The van der Waals surface area contributed by atoms with Gasteiger partial charge in [-0.25, -0.2) is 4.98 Å². The van der Waals surface area contributed by atoms with E-state index in [-0.39, 0.29) is 5.95 Å². The van der Waals surface area contributed by atoms with E-state index >= 15 is 0 Å². The molecule has 5 heteroatoms. The number of nitrogens with two attached hydrogens (primary N) is 1. The maximum Gasteiger partial charge on any atom is 0.222 e. The lowest BCUT2D eigenvalue weighted by atomic mass is 10.0. The van der Waals surface area contributed by atoms with Gasteiger partial charge in [0, 0.05) is 17.0 Å². The molecule has 0 spiro atoms. The highest BCUT2D eigenvalue weighted by Crippen LogP contribution is 2.28. The zero-order chi connectivity index (χ0) is 15.5. The van der Waals surface area contributed by atoms with Crippen molar-refractivity contribution in [3.8, 4) is 11.1 Å². The number of hydrogen-bond acceptors (Lipinski definition) is 4. The normalized spacial score (nSPS) is 10.8. The minimum Gasteiger partial charge on any atom is -0.369 e. The number of fused-ring (bicyclic) bond motifs is 1. The van der Waals surface area contributed by atoms with E-state index in [0.29, 0.717) is 0 Å². The second-order valence-corrected chi connectivity index (χ2v) is 5.53. The first-order valence-corrected chi connectivity index (χ1v) is 7.62. The fourth-order valence-corrected chi connectivity index (χ4v) is 2.47. The fraction of sp³-hybridized carbons (Fsp3) is 0.176. The van der Waals surface area contributed by atoms with Gasteiger partial charge in [0.05, 0.1) is 5.52 Å². The van der Waals surface area contributed by atoms with Gasteiger partial charge in [-0.15, -0.1) is 0 Å². The van der Waals surface area contributed by atoms with Crippen molar-refractivity contribution in [3.05, 3.63) is 47.5 Å². The van der Waals surface area contributed by atoms with Crippen LogP contribution in [0.4, 0.5) is 11.8 Å². The third-order valence-corrected chi connectivity index (χ3v) is 3.69. The van der Waals surface area contributed by atoms with Gasteiger partial charge in [0.25, 0.3) is 0 Å². The maximum absolute atomic E-state index is 5.95. The molecule has 0 aliphatic heterocycles. The highest BCUT2D eigenvalue weighted by Gasteiger charge is 2.08. The fourth-order valence-electron chi connectivity index (χ4n) is 2.35. The average Bonchev–Trinajstić information content (AvgIpc) is 2.53. The van der Waals surface area contributed by atoms with E-state index < -0.39 is 0 Å². The number of nitrogen functional groups attached to an aromatic ring is 1. The second-order valence-electron chi connectivity index (χ2n) is 5.10. The van der Waals surface area contributed by atoms with Crippen LogP contribution < -0.4 is 11.1 Å². The lowest BCUT2D eigenvalue weighted by Crippen LogP contribution is -2.06. The van der Waals surface area contributed by atoms with Crippen molar-refractivity contribution >= 4 is 34.3 Å². The monoisotopic (exact) mass is 312 g/mol. The zero-order valence-corrected chi connectivity index (χ0v) is 13.1. The van der Waals surface area contributed by atoms with Crippen LogP contribution in [0.15, 0.2) is 42.5 Å². The summed E-state index contributed by atoms with van der Waals surface area (Å²) in [4.78, 5) is 8.62. The summed E-state index contributed by atoms with van der Waals surface area (Å²) in [6.45, 7) is 2.95. The van der Waals surface area contributed by atoms with Gasteiger partial charge in [0.2, 0.25) is 5.95 Å². The van der Waals surface area contributed by atoms with Crippen LogP contribution in [-0.2, 0) is 0 Å². The summed E-state index contributed by atoms with van der Waals surface area (Å²) in [6.07, 6.45) is 1.02. The average molecular weight is 313 g/mol. The van der Waals surface area contributed by atoms with Gasteiger partial charge >= 0.3 is 0 Å². The third kappa shape index (κ3) is 2.97. The summed E-state index contributed by atoms with van der Waals surface area (Å²) >= 11 is 5.95. The van der Waals surface area contributed by atoms with Crippen molar-refractivity contribution in [1.82, 2.24) is 9.97 Å². The number of anilines is 2. The zero-order valence-electron chi connectivity index (χ0n) is 12.3. The van der Waals surface area contributed by atoms with Gasteiger partial charge in [-0.1, -0.05) is 36.7 Å². The predicted octanol–water partition coefficient (Wildman–Crippen LogP) is 4.35. The first kappa shape index (κ1) is 14.6. The number of benzene rings is 2. The summed E-state index contributed by atoms with van der Waals surface area (Å²) in [7, 11) is 0. The van der Waals surface area contributed by atoms with Gasteiger partial charge in [-0.05, 0) is 41.8 Å². The Morgan fingerprint density at radius 3 is 2.50 bits per heavy atom. The van der Waals surface area contributed by atoms with Crippen molar-refractivity contribution < 1.29 is 0 Å². The molecular formula is C17H17ClN4. The highest BCUT2D eigenvalue weighted by molar-refractivity contribution is 6.30. The smallest absolute Gasteiger partial charge is 0.222 e. The van der Waals surface area contributed by atoms with E-state index in [1.807, 2.05) is 36.4 Å². The molecule has 0 atom stereocenters. The molecule has 0 saturated heterocycles. The molecule has 0 aliphatic carbocycles. The van der Waals surface area contributed by atoms with Crippen LogP contribution in [0, 0.1) is 0 Å². The van der Waals surface area contributed by atoms with Gasteiger partial charge in [-0.3, -0.25) is 0 Å². The number of aromatic nitrogens is 2. The van der Waals surface area contributed by atoms with Crippen LogP contribution >= 0.6 is 11.6 Å². The number of nitrogens with zero attached hydrogens (tertiary/aromatic N) is 2. The maximum atomic E-state index is 5.95. The molecule has 0 aliphatic rings. The molecule has 3 aromatic rings. The van der Waals surface area contributed by atoms with Crippen LogP contribution in [0.5, 0.6) is 0 Å². The first-order chi connectivity index (χ1) is 10.7. The molecule has 0 unspecified atom stereocenters. The summed E-state index contributed by atoms with van der Waals surface area (Å²) in [5.74, 6) is 1.06. The Labute approximate surface area is 134 Å². The largest absolute Gasteiger partial charge is 0.369 e. The summed E-state index contributed by atoms with van der Waals surface area (Å²) < 4.78 is 0.